The number of rotatable bonds is 2. The van der Waals surface area contributed by atoms with E-state index < -0.39 is 0 Å². The Balaban J connectivity index is 2.62. The van der Waals surface area contributed by atoms with Gasteiger partial charge in [-0.25, -0.2) is 0 Å². The lowest BCUT2D eigenvalue weighted by Crippen LogP contribution is -2.49. The van der Waals surface area contributed by atoms with Crippen LogP contribution in [0.2, 0.25) is 0 Å². The molecule has 1 heteroatoms. The molecule has 1 heterocycles. The van der Waals surface area contributed by atoms with Gasteiger partial charge in [-0.1, -0.05) is 20.8 Å². The molecule has 1 nitrogen and oxygen atoms in total. The molecule has 1 aliphatic heterocycles. The van der Waals surface area contributed by atoms with Crippen molar-refractivity contribution in [2.45, 2.75) is 60.0 Å². The number of hydrogen-bond donors (Lipinski definition) is 0. The molecule has 84 valence electrons. The van der Waals surface area contributed by atoms with E-state index in [4.69, 9.17) is 0 Å². The quantitative estimate of drug-likeness (QED) is 0.656. The van der Waals surface area contributed by atoms with Crippen molar-refractivity contribution in [3.05, 3.63) is 0 Å². The summed E-state index contributed by atoms with van der Waals surface area (Å²) in [5.41, 5.74) is 0. The molecule has 0 aromatic rings. The third-order valence-corrected chi connectivity index (χ3v) is 3.93. The molecule has 3 atom stereocenters. The SMILES string of the molecule is CC(C)[C@@H]1C[C@@H](C)N(C(C)C)C[C@H]1C. The molecule has 0 spiro atoms. The summed E-state index contributed by atoms with van der Waals surface area (Å²) >= 11 is 0. The standard InChI is InChI=1S/C13H27N/c1-9(2)13-7-12(6)14(10(3)4)8-11(13)5/h9-13H,7-8H2,1-6H3/t11-,12-,13+/m1/s1. The lowest BCUT2D eigenvalue weighted by atomic mass is 9.76. The van der Waals surface area contributed by atoms with E-state index in [9.17, 15) is 0 Å². The van der Waals surface area contributed by atoms with E-state index in [0.717, 1.165) is 23.8 Å². The second kappa shape index (κ2) is 4.65. The van der Waals surface area contributed by atoms with Crippen LogP contribution in [0.15, 0.2) is 0 Å². The van der Waals surface area contributed by atoms with Gasteiger partial charge in [0.15, 0.2) is 0 Å². The van der Waals surface area contributed by atoms with E-state index >= 15 is 0 Å². The predicted octanol–water partition coefficient (Wildman–Crippen LogP) is 3.40. The molecular weight excluding hydrogens is 170 g/mol. The van der Waals surface area contributed by atoms with E-state index in [2.05, 4.69) is 46.4 Å². The van der Waals surface area contributed by atoms with Crippen molar-refractivity contribution in [1.29, 1.82) is 0 Å². The van der Waals surface area contributed by atoms with E-state index in [1.54, 1.807) is 0 Å². The summed E-state index contributed by atoms with van der Waals surface area (Å²) in [6.45, 7) is 15.5. The van der Waals surface area contributed by atoms with Crippen LogP contribution in [0.5, 0.6) is 0 Å². The molecule has 0 N–H and O–H groups in total. The average molecular weight is 197 g/mol. The average Bonchev–Trinajstić information content (AvgIpc) is 2.07. The summed E-state index contributed by atoms with van der Waals surface area (Å²) in [5, 5.41) is 0. The summed E-state index contributed by atoms with van der Waals surface area (Å²) in [5.74, 6) is 2.65. The zero-order valence-electron chi connectivity index (χ0n) is 10.7. The van der Waals surface area contributed by atoms with Gasteiger partial charge in [0.1, 0.15) is 0 Å². The Bertz CT molecular complexity index is 154. The first-order chi connectivity index (χ1) is 6.43. The topological polar surface area (TPSA) is 3.24 Å². The molecule has 0 amide bonds. The Kier molecular flexibility index (Phi) is 4.00. The van der Waals surface area contributed by atoms with Gasteiger partial charge in [-0.2, -0.15) is 0 Å². The molecule has 0 bridgehead atoms. The van der Waals surface area contributed by atoms with Gasteiger partial charge >= 0.3 is 0 Å². The minimum atomic E-state index is 0.709. The van der Waals surface area contributed by atoms with Crippen LogP contribution in [-0.2, 0) is 0 Å². The Morgan fingerprint density at radius 2 is 1.64 bits per heavy atom. The predicted molar refractivity (Wildman–Crippen MR) is 63.4 cm³/mol. The number of piperidine rings is 1. The molecule has 0 saturated carbocycles. The van der Waals surface area contributed by atoms with Crippen molar-refractivity contribution in [3.63, 3.8) is 0 Å². The van der Waals surface area contributed by atoms with Crippen LogP contribution in [-0.4, -0.2) is 23.5 Å². The third kappa shape index (κ3) is 2.50. The second-order valence-electron chi connectivity index (χ2n) is 5.76. The summed E-state index contributed by atoms with van der Waals surface area (Å²) in [4.78, 5) is 2.66. The second-order valence-corrected chi connectivity index (χ2v) is 5.76. The van der Waals surface area contributed by atoms with Crippen LogP contribution in [0.4, 0.5) is 0 Å². The molecule has 0 aromatic carbocycles. The van der Waals surface area contributed by atoms with Crippen LogP contribution in [0.25, 0.3) is 0 Å². The third-order valence-electron chi connectivity index (χ3n) is 3.93. The number of likely N-dealkylation sites (tertiary alicyclic amines) is 1. The van der Waals surface area contributed by atoms with Gasteiger partial charge in [-0.05, 0) is 44.9 Å². The Hall–Kier alpha value is -0.0400. The van der Waals surface area contributed by atoms with E-state index in [1.165, 1.54) is 13.0 Å². The first kappa shape index (κ1) is 12.0. The monoisotopic (exact) mass is 197 g/mol. The first-order valence-electron chi connectivity index (χ1n) is 6.19. The van der Waals surface area contributed by atoms with Gasteiger partial charge in [-0.15, -0.1) is 0 Å². The van der Waals surface area contributed by atoms with Crippen molar-refractivity contribution in [1.82, 2.24) is 4.90 Å². The minimum absolute atomic E-state index is 0.709. The molecule has 0 radical (unpaired) electrons. The summed E-state index contributed by atoms with van der Waals surface area (Å²) in [7, 11) is 0. The van der Waals surface area contributed by atoms with Crippen molar-refractivity contribution < 1.29 is 0 Å². The fourth-order valence-corrected chi connectivity index (χ4v) is 3.06. The van der Waals surface area contributed by atoms with Crippen molar-refractivity contribution in [3.8, 4) is 0 Å². The molecule has 0 unspecified atom stereocenters. The fraction of sp³-hybridized carbons (Fsp3) is 1.00. The highest BCUT2D eigenvalue weighted by atomic mass is 15.2. The molecule has 0 aliphatic carbocycles. The highest BCUT2D eigenvalue weighted by Crippen LogP contribution is 2.33. The Morgan fingerprint density at radius 1 is 1.07 bits per heavy atom. The summed E-state index contributed by atoms with van der Waals surface area (Å²) in [6.07, 6.45) is 1.39. The highest BCUT2D eigenvalue weighted by molar-refractivity contribution is 4.85. The van der Waals surface area contributed by atoms with E-state index in [0.29, 0.717) is 6.04 Å². The maximum Gasteiger partial charge on any atom is 0.00725 e. The molecule has 14 heavy (non-hydrogen) atoms. The van der Waals surface area contributed by atoms with Crippen LogP contribution in [0.3, 0.4) is 0 Å². The maximum absolute atomic E-state index is 2.66. The van der Waals surface area contributed by atoms with Crippen molar-refractivity contribution >= 4 is 0 Å². The molecule has 1 aliphatic rings. The summed E-state index contributed by atoms with van der Waals surface area (Å²) in [6, 6.07) is 1.49. The molecule has 1 saturated heterocycles. The van der Waals surface area contributed by atoms with Gasteiger partial charge in [0.05, 0.1) is 0 Å². The lowest BCUT2D eigenvalue weighted by Gasteiger charge is -2.45. The van der Waals surface area contributed by atoms with E-state index in [1.807, 2.05) is 0 Å². The molecule has 0 aromatic heterocycles. The lowest BCUT2D eigenvalue weighted by molar-refractivity contribution is 0.0356. The fourth-order valence-electron chi connectivity index (χ4n) is 3.06. The zero-order valence-corrected chi connectivity index (χ0v) is 10.7. The highest BCUT2D eigenvalue weighted by Gasteiger charge is 2.33. The van der Waals surface area contributed by atoms with Crippen molar-refractivity contribution in [2.24, 2.45) is 17.8 Å². The van der Waals surface area contributed by atoms with Gasteiger partial charge in [-0.3, -0.25) is 4.90 Å². The maximum atomic E-state index is 2.66. The van der Waals surface area contributed by atoms with Crippen LogP contribution >= 0.6 is 0 Å². The molecule has 1 fully saturated rings. The van der Waals surface area contributed by atoms with Gasteiger partial charge in [0, 0.05) is 18.6 Å². The van der Waals surface area contributed by atoms with Gasteiger partial charge in [0.2, 0.25) is 0 Å². The van der Waals surface area contributed by atoms with Crippen LogP contribution < -0.4 is 0 Å². The Morgan fingerprint density at radius 3 is 2.07 bits per heavy atom. The molecular formula is C13H27N. The van der Waals surface area contributed by atoms with Gasteiger partial charge < -0.3 is 0 Å². The van der Waals surface area contributed by atoms with Crippen LogP contribution in [0.1, 0.15) is 48.0 Å². The van der Waals surface area contributed by atoms with Crippen molar-refractivity contribution in [2.75, 3.05) is 6.54 Å². The normalized spacial score (nSPS) is 35.6. The van der Waals surface area contributed by atoms with Gasteiger partial charge in [0.25, 0.3) is 0 Å². The summed E-state index contributed by atoms with van der Waals surface area (Å²) < 4.78 is 0. The van der Waals surface area contributed by atoms with Crippen LogP contribution in [0, 0.1) is 17.8 Å². The Labute approximate surface area is 89.9 Å². The molecule has 1 rings (SSSR count). The zero-order chi connectivity index (χ0) is 10.9. The number of nitrogens with zero attached hydrogens (tertiary/aromatic N) is 1. The minimum Gasteiger partial charge on any atom is -0.298 e. The smallest absolute Gasteiger partial charge is 0.00725 e. The number of hydrogen-bond acceptors (Lipinski definition) is 1. The first-order valence-corrected chi connectivity index (χ1v) is 6.19. The van der Waals surface area contributed by atoms with E-state index in [-0.39, 0.29) is 0 Å². The largest absolute Gasteiger partial charge is 0.298 e.